The molecule has 1 N–H and O–H groups in total. The van der Waals surface area contributed by atoms with Crippen molar-refractivity contribution in [2.45, 2.75) is 52.0 Å². The van der Waals surface area contributed by atoms with Gasteiger partial charge in [0.15, 0.2) is 0 Å². The third-order valence-corrected chi connectivity index (χ3v) is 4.67. The van der Waals surface area contributed by atoms with Crippen LogP contribution >= 0.6 is 11.3 Å². The van der Waals surface area contributed by atoms with E-state index >= 15 is 0 Å². The highest BCUT2D eigenvalue weighted by Crippen LogP contribution is 2.32. The summed E-state index contributed by atoms with van der Waals surface area (Å²) in [5.74, 6) is 0.633. The molecule has 1 fully saturated rings. The van der Waals surface area contributed by atoms with Crippen LogP contribution in [0.25, 0.3) is 0 Å². The Morgan fingerprint density at radius 2 is 2.11 bits per heavy atom. The van der Waals surface area contributed by atoms with Crippen molar-refractivity contribution in [3.63, 3.8) is 0 Å². The standard InChI is InChI=1S/C14H24N2OS/c1-3-7-15-10-13-12(4-2)16-14(18-13)11-5-8-17-9-6-11/h11,15H,3-10H2,1-2H3. The van der Waals surface area contributed by atoms with Crippen molar-refractivity contribution in [2.24, 2.45) is 0 Å². The van der Waals surface area contributed by atoms with E-state index in [0.717, 1.165) is 45.6 Å². The first kappa shape index (κ1) is 14.0. The number of ether oxygens (including phenoxy) is 1. The van der Waals surface area contributed by atoms with Crippen LogP contribution in [0.4, 0.5) is 0 Å². The second-order valence-corrected chi connectivity index (χ2v) is 5.95. The van der Waals surface area contributed by atoms with Crippen molar-refractivity contribution in [1.82, 2.24) is 10.3 Å². The minimum atomic E-state index is 0.633. The zero-order valence-electron chi connectivity index (χ0n) is 11.5. The predicted octanol–water partition coefficient (Wildman–Crippen LogP) is 3.10. The first-order chi connectivity index (χ1) is 8.85. The second kappa shape index (κ2) is 7.22. The van der Waals surface area contributed by atoms with E-state index in [2.05, 4.69) is 19.2 Å². The van der Waals surface area contributed by atoms with Gasteiger partial charge in [-0.1, -0.05) is 13.8 Å². The Morgan fingerprint density at radius 1 is 1.33 bits per heavy atom. The molecule has 0 aromatic carbocycles. The van der Waals surface area contributed by atoms with Crippen LogP contribution in [-0.4, -0.2) is 24.7 Å². The molecule has 3 nitrogen and oxygen atoms in total. The van der Waals surface area contributed by atoms with Crippen LogP contribution in [0.2, 0.25) is 0 Å². The Hall–Kier alpha value is -0.450. The van der Waals surface area contributed by atoms with Crippen LogP contribution in [0.1, 0.15) is 54.6 Å². The van der Waals surface area contributed by atoms with E-state index in [0.29, 0.717) is 5.92 Å². The molecule has 0 unspecified atom stereocenters. The van der Waals surface area contributed by atoms with Gasteiger partial charge in [-0.05, 0) is 32.2 Å². The van der Waals surface area contributed by atoms with Crippen LogP contribution in [0.5, 0.6) is 0 Å². The summed E-state index contributed by atoms with van der Waals surface area (Å²) in [6.07, 6.45) is 4.51. The smallest absolute Gasteiger partial charge is 0.0964 e. The van der Waals surface area contributed by atoms with E-state index in [4.69, 9.17) is 9.72 Å². The molecule has 1 aliphatic heterocycles. The predicted molar refractivity (Wildman–Crippen MR) is 76.3 cm³/mol. The van der Waals surface area contributed by atoms with E-state index < -0.39 is 0 Å². The summed E-state index contributed by atoms with van der Waals surface area (Å²) in [4.78, 5) is 6.29. The highest BCUT2D eigenvalue weighted by atomic mass is 32.1. The molecule has 0 atom stereocenters. The molecule has 1 saturated heterocycles. The van der Waals surface area contributed by atoms with Crippen LogP contribution in [0, 0.1) is 0 Å². The van der Waals surface area contributed by atoms with Gasteiger partial charge in [-0.3, -0.25) is 0 Å². The molecule has 18 heavy (non-hydrogen) atoms. The number of hydrogen-bond donors (Lipinski definition) is 1. The third kappa shape index (κ3) is 3.53. The Bertz CT molecular complexity index is 359. The van der Waals surface area contributed by atoms with Crippen molar-refractivity contribution in [3.05, 3.63) is 15.6 Å². The van der Waals surface area contributed by atoms with Crippen molar-refractivity contribution in [2.75, 3.05) is 19.8 Å². The molecular formula is C14H24N2OS. The van der Waals surface area contributed by atoms with Gasteiger partial charge in [-0.2, -0.15) is 0 Å². The molecule has 0 bridgehead atoms. The summed E-state index contributed by atoms with van der Waals surface area (Å²) < 4.78 is 5.43. The fourth-order valence-electron chi connectivity index (χ4n) is 2.32. The summed E-state index contributed by atoms with van der Waals surface area (Å²) in [7, 11) is 0. The molecule has 1 aliphatic rings. The van der Waals surface area contributed by atoms with Gasteiger partial charge >= 0.3 is 0 Å². The fourth-order valence-corrected chi connectivity index (χ4v) is 3.61. The fraction of sp³-hybridized carbons (Fsp3) is 0.786. The van der Waals surface area contributed by atoms with Gasteiger partial charge in [0.05, 0.1) is 10.7 Å². The molecule has 0 radical (unpaired) electrons. The maximum atomic E-state index is 5.43. The molecule has 2 rings (SSSR count). The first-order valence-corrected chi connectivity index (χ1v) is 7.93. The Labute approximate surface area is 114 Å². The van der Waals surface area contributed by atoms with Crippen LogP contribution < -0.4 is 5.32 Å². The lowest BCUT2D eigenvalue weighted by Gasteiger charge is -2.19. The number of aromatic nitrogens is 1. The lowest BCUT2D eigenvalue weighted by atomic mass is 10.0. The number of hydrogen-bond acceptors (Lipinski definition) is 4. The zero-order chi connectivity index (χ0) is 12.8. The number of nitrogens with one attached hydrogen (secondary N) is 1. The Kier molecular flexibility index (Phi) is 5.60. The molecule has 0 amide bonds. The molecule has 0 aliphatic carbocycles. The highest BCUT2D eigenvalue weighted by molar-refractivity contribution is 7.11. The highest BCUT2D eigenvalue weighted by Gasteiger charge is 2.21. The van der Waals surface area contributed by atoms with Crippen LogP contribution in [0.3, 0.4) is 0 Å². The summed E-state index contributed by atoms with van der Waals surface area (Å²) in [5, 5.41) is 4.82. The topological polar surface area (TPSA) is 34.1 Å². The maximum absolute atomic E-state index is 5.43. The van der Waals surface area contributed by atoms with Crippen molar-refractivity contribution in [3.8, 4) is 0 Å². The van der Waals surface area contributed by atoms with E-state index in [-0.39, 0.29) is 0 Å². The van der Waals surface area contributed by atoms with Gasteiger partial charge in [0.1, 0.15) is 0 Å². The lowest BCUT2D eigenvalue weighted by Crippen LogP contribution is -2.13. The Balaban J connectivity index is 2.02. The zero-order valence-corrected chi connectivity index (χ0v) is 12.3. The molecular weight excluding hydrogens is 244 g/mol. The van der Waals surface area contributed by atoms with Crippen LogP contribution in [0.15, 0.2) is 0 Å². The van der Waals surface area contributed by atoms with Crippen molar-refractivity contribution < 1.29 is 4.74 Å². The van der Waals surface area contributed by atoms with Gasteiger partial charge in [-0.15, -0.1) is 11.3 Å². The van der Waals surface area contributed by atoms with Crippen LogP contribution in [-0.2, 0) is 17.7 Å². The molecule has 1 aromatic heterocycles. The molecule has 0 saturated carbocycles. The summed E-state index contributed by atoms with van der Waals surface area (Å²) in [5.41, 5.74) is 1.30. The molecule has 1 aromatic rings. The lowest BCUT2D eigenvalue weighted by molar-refractivity contribution is 0.0852. The van der Waals surface area contributed by atoms with Crippen molar-refractivity contribution >= 4 is 11.3 Å². The number of nitrogens with zero attached hydrogens (tertiary/aromatic N) is 1. The second-order valence-electron chi connectivity index (χ2n) is 4.84. The van der Waals surface area contributed by atoms with Crippen molar-refractivity contribution in [1.29, 1.82) is 0 Å². The third-order valence-electron chi connectivity index (χ3n) is 3.41. The SMILES string of the molecule is CCCNCc1sc(C2CCOCC2)nc1CC. The molecule has 4 heteroatoms. The summed E-state index contributed by atoms with van der Waals surface area (Å²) in [6.45, 7) is 8.27. The first-order valence-electron chi connectivity index (χ1n) is 7.12. The molecule has 102 valence electrons. The number of thiazole rings is 1. The maximum Gasteiger partial charge on any atom is 0.0964 e. The largest absolute Gasteiger partial charge is 0.381 e. The number of rotatable bonds is 6. The van der Waals surface area contributed by atoms with E-state index in [9.17, 15) is 0 Å². The van der Waals surface area contributed by atoms with Gasteiger partial charge in [0.2, 0.25) is 0 Å². The minimum Gasteiger partial charge on any atom is -0.381 e. The van der Waals surface area contributed by atoms with Gasteiger partial charge in [0.25, 0.3) is 0 Å². The number of aryl methyl sites for hydroxylation is 1. The molecule has 0 spiro atoms. The quantitative estimate of drug-likeness (QED) is 0.805. The summed E-state index contributed by atoms with van der Waals surface area (Å²) >= 11 is 1.91. The van der Waals surface area contributed by atoms with Gasteiger partial charge < -0.3 is 10.1 Å². The molecule has 2 heterocycles. The van der Waals surface area contributed by atoms with Gasteiger partial charge in [-0.25, -0.2) is 4.98 Å². The van der Waals surface area contributed by atoms with E-state index in [1.807, 2.05) is 11.3 Å². The minimum absolute atomic E-state index is 0.633. The van der Waals surface area contributed by atoms with Gasteiger partial charge in [0, 0.05) is 30.6 Å². The summed E-state index contributed by atoms with van der Waals surface area (Å²) in [6, 6.07) is 0. The van der Waals surface area contributed by atoms with E-state index in [1.54, 1.807) is 0 Å². The Morgan fingerprint density at radius 3 is 2.78 bits per heavy atom. The average molecular weight is 268 g/mol. The normalized spacial score (nSPS) is 17.2. The van der Waals surface area contributed by atoms with E-state index in [1.165, 1.54) is 22.0 Å². The average Bonchev–Trinajstić information content (AvgIpc) is 2.83. The monoisotopic (exact) mass is 268 g/mol.